The van der Waals surface area contributed by atoms with Gasteiger partial charge in [-0.25, -0.2) is 13.4 Å². The molecule has 0 spiro atoms. The first-order chi connectivity index (χ1) is 7.86. The van der Waals surface area contributed by atoms with Gasteiger partial charge in [-0.15, -0.1) is 0 Å². The molecule has 0 N–H and O–H groups in total. The van der Waals surface area contributed by atoms with Crippen LogP contribution in [0.2, 0.25) is 0 Å². The van der Waals surface area contributed by atoms with Gasteiger partial charge in [-0.05, 0) is 19.8 Å². The van der Waals surface area contributed by atoms with Gasteiger partial charge in [0, 0.05) is 5.41 Å². The molecule has 94 valence electrons. The van der Waals surface area contributed by atoms with Gasteiger partial charge < -0.3 is 4.42 Å². The van der Waals surface area contributed by atoms with Crippen molar-refractivity contribution in [1.29, 1.82) is 0 Å². The van der Waals surface area contributed by atoms with Crippen molar-refractivity contribution >= 4 is 16.1 Å². The molecule has 0 aromatic carbocycles. The first kappa shape index (κ1) is 12.3. The van der Waals surface area contributed by atoms with Crippen LogP contribution >= 0.6 is 0 Å². The summed E-state index contributed by atoms with van der Waals surface area (Å²) in [5.41, 5.74) is 0.182. The van der Waals surface area contributed by atoms with Crippen LogP contribution in [0.15, 0.2) is 4.42 Å². The predicted octanol–water partition coefficient (Wildman–Crippen LogP) is 1.26. The van der Waals surface area contributed by atoms with E-state index < -0.39 is 9.84 Å². The van der Waals surface area contributed by atoms with Crippen molar-refractivity contribution in [3.8, 4) is 0 Å². The highest BCUT2D eigenvalue weighted by Gasteiger charge is 2.38. The van der Waals surface area contributed by atoms with Crippen LogP contribution in [0.25, 0.3) is 0 Å². The first-order valence-electron chi connectivity index (χ1n) is 5.50. The molecule has 17 heavy (non-hydrogen) atoms. The van der Waals surface area contributed by atoms with E-state index >= 15 is 0 Å². The number of aldehydes is 1. The van der Waals surface area contributed by atoms with E-state index in [-0.39, 0.29) is 22.7 Å². The molecule has 1 saturated heterocycles. The molecule has 0 amide bonds. The lowest BCUT2D eigenvalue weighted by Crippen LogP contribution is -2.34. The topological polar surface area (TPSA) is 77.2 Å². The highest BCUT2D eigenvalue weighted by atomic mass is 32.2. The molecule has 0 atom stereocenters. The fourth-order valence-corrected chi connectivity index (χ4v) is 3.71. The summed E-state index contributed by atoms with van der Waals surface area (Å²) in [6, 6.07) is 0. The Bertz CT molecular complexity index is 530. The van der Waals surface area contributed by atoms with E-state index in [1.54, 1.807) is 6.92 Å². The fraction of sp³-hybridized carbons (Fsp3) is 0.636. The summed E-state index contributed by atoms with van der Waals surface area (Å²) in [5.74, 6) is 1.02. The summed E-state index contributed by atoms with van der Waals surface area (Å²) < 4.78 is 28.2. The number of sulfone groups is 1. The van der Waals surface area contributed by atoms with Crippen LogP contribution in [0.5, 0.6) is 0 Å². The normalized spacial score (nSPS) is 22.2. The summed E-state index contributed by atoms with van der Waals surface area (Å²) >= 11 is 0. The molecular formula is C11H15NO4S. The van der Waals surface area contributed by atoms with E-state index in [4.69, 9.17) is 4.42 Å². The predicted molar refractivity (Wildman–Crippen MR) is 61.9 cm³/mol. The molecule has 1 fully saturated rings. The summed E-state index contributed by atoms with van der Waals surface area (Å²) in [6.45, 7) is 3.64. The van der Waals surface area contributed by atoms with Gasteiger partial charge in [0.15, 0.2) is 12.0 Å². The number of carbonyl (C=O) groups excluding carboxylic acids is 1. The molecule has 0 bridgehead atoms. The van der Waals surface area contributed by atoms with E-state index in [1.807, 2.05) is 6.92 Å². The molecule has 1 aliphatic rings. The number of aromatic nitrogens is 1. The van der Waals surface area contributed by atoms with Gasteiger partial charge in [0.25, 0.3) is 0 Å². The van der Waals surface area contributed by atoms with E-state index in [0.29, 0.717) is 30.7 Å². The van der Waals surface area contributed by atoms with Crippen LogP contribution in [0.4, 0.5) is 0 Å². The van der Waals surface area contributed by atoms with Crippen molar-refractivity contribution in [2.24, 2.45) is 0 Å². The summed E-state index contributed by atoms with van der Waals surface area (Å²) in [4.78, 5) is 14.9. The van der Waals surface area contributed by atoms with Gasteiger partial charge in [0.1, 0.15) is 9.84 Å². The van der Waals surface area contributed by atoms with Gasteiger partial charge in [-0.3, -0.25) is 4.79 Å². The van der Waals surface area contributed by atoms with E-state index in [9.17, 15) is 13.2 Å². The van der Waals surface area contributed by atoms with Gasteiger partial charge in [-0.2, -0.15) is 0 Å². The molecule has 1 aliphatic heterocycles. The highest BCUT2D eigenvalue weighted by molar-refractivity contribution is 7.91. The molecule has 2 heterocycles. The van der Waals surface area contributed by atoms with Crippen LogP contribution in [0.3, 0.4) is 0 Å². The number of oxazole rings is 1. The summed E-state index contributed by atoms with van der Waals surface area (Å²) in [5, 5.41) is 0. The molecule has 1 aromatic rings. The Morgan fingerprint density at radius 2 is 1.94 bits per heavy atom. The lowest BCUT2D eigenvalue weighted by molar-refractivity contribution is 0.109. The zero-order chi connectivity index (χ0) is 12.7. The number of rotatable bonds is 2. The molecule has 0 aliphatic carbocycles. The van der Waals surface area contributed by atoms with Gasteiger partial charge in [0.2, 0.25) is 5.89 Å². The zero-order valence-corrected chi connectivity index (χ0v) is 10.7. The Kier molecular flexibility index (Phi) is 2.85. The van der Waals surface area contributed by atoms with Crippen molar-refractivity contribution in [3.05, 3.63) is 17.3 Å². The van der Waals surface area contributed by atoms with Crippen LogP contribution in [0, 0.1) is 6.92 Å². The monoisotopic (exact) mass is 257 g/mol. The second-order valence-corrected chi connectivity index (χ2v) is 7.10. The van der Waals surface area contributed by atoms with Crippen LogP contribution in [-0.2, 0) is 15.3 Å². The van der Waals surface area contributed by atoms with E-state index in [2.05, 4.69) is 4.98 Å². The van der Waals surface area contributed by atoms with Gasteiger partial charge in [0.05, 0.1) is 17.2 Å². The molecule has 1 aromatic heterocycles. The molecular weight excluding hydrogens is 242 g/mol. The maximum Gasteiger partial charge on any atom is 0.201 e. The summed E-state index contributed by atoms with van der Waals surface area (Å²) in [6.07, 6.45) is 1.62. The SMILES string of the molecule is Cc1nc(C2(C)CCS(=O)(=O)CC2)oc1C=O. The second-order valence-electron chi connectivity index (χ2n) is 4.80. The Balaban J connectivity index is 2.30. The smallest absolute Gasteiger partial charge is 0.201 e. The zero-order valence-electron chi connectivity index (χ0n) is 9.89. The first-order valence-corrected chi connectivity index (χ1v) is 7.32. The minimum atomic E-state index is -2.91. The van der Waals surface area contributed by atoms with Crippen molar-refractivity contribution in [2.45, 2.75) is 32.1 Å². The van der Waals surface area contributed by atoms with Crippen molar-refractivity contribution in [2.75, 3.05) is 11.5 Å². The van der Waals surface area contributed by atoms with Crippen molar-refractivity contribution < 1.29 is 17.6 Å². The van der Waals surface area contributed by atoms with Gasteiger partial charge >= 0.3 is 0 Å². The Morgan fingerprint density at radius 1 is 1.35 bits per heavy atom. The molecule has 0 unspecified atom stereocenters. The highest BCUT2D eigenvalue weighted by Crippen LogP contribution is 2.35. The number of hydrogen-bond donors (Lipinski definition) is 0. The molecule has 6 heteroatoms. The molecule has 2 rings (SSSR count). The quantitative estimate of drug-likeness (QED) is 0.745. The Morgan fingerprint density at radius 3 is 2.41 bits per heavy atom. The lowest BCUT2D eigenvalue weighted by Gasteiger charge is -2.29. The van der Waals surface area contributed by atoms with Crippen LogP contribution in [-0.4, -0.2) is 31.2 Å². The van der Waals surface area contributed by atoms with E-state index in [0.717, 1.165) is 0 Å². The third-order valence-corrected chi connectivity index (χ3v) is 5.04. The Hall–Kier alpha value is -1.17. The largest absolute Gasteiger partial charge is 0.437 e. The van der Waals surface area contributed by atoms with Crippen molar-refractivity contribution in [1.82, 2.24) is 4.98 Å². The van der Waals surface area contributed by atoms with E-state index in [1.165, 1.54) is 0 Å². The average Bonchev–Trinajstić information content (AvgIpc) is 2.65. The maximum atomic E-state index is 11.4. The second kappa shape index (κ2) is 3.94. The standard InChI is InChI=1S/C11H15NO4S/c1-8-9(7-13)16-10(12-8)11(2)3-5-17(14,15)6-4-11/h7H,3-6H2,1-2H3. The minimum Gasteiger partial charge on any atom is -0.437 e. The van der Waals surface area contributed by atoms with Crippen LogP contribution < -0.4 is 0 Å². The summed E-state index contributed by atoms with van der Waals surface area (Å²) in [7, 11) is -2.91. The Labute approximate surface area is 100 Å². The molecule has 0 saturated carbocycles. The molecule has 5 nitrogen and oxygen atoms in total. The third-order valence-electron chi connectivity index (χ3n) is 3.39. The van der Waals surface area contributed by atoms with Crippen molar-refractivity contribution in [3.63, 3.8) is 0 Å². The number of aryl methyl sites for hydroxylation is 1. The molecule has 0 radical (unpaired) electrons. The number of nitrogens with zero attached hydrogens (tertiary/aromatic N) is 1. The van der Waals surface area contributed by atoms with Crippen LogP contribution in [0.1, 0.15) is 41.9 Å². The lowest BCUT2D eigenvalue weighted by atomic mass is 9.84. The number of carbonyl (C=O) groups is 1. The average molecular weight is 257 g/mol. The van der Waals surface area contributed by atoms with Gasteiger partial charge in [-0.1, -0.05) is 6.92 Å². The maximum absolute atomic E-state index is 11.4. The third kappa shape index (κ3) is 2.26. The minimum absolute atomic E-state index is 0.154. The fourth-order valence-electron chi connectivity index (χ4n) is 1.98. The number of hydrogen-bond acceptors (Lipinski definition) is 5.